The van der Waals surface area contributed by atoms with E-state index in [-0.39, 0.29) is 23.3 Å². The number of hydrogen-bond donors (Lipinski definition) is 1. The van der Waals surface area contributed by atoms with E-state index in [0.717, 1.165) is 14.9 Å². The Kier molecular flexibility index (Phi) is 6.44. The number of anilines is 1. The highest BCUT2D eigenvalue weighted by atomic mass is 79.9. The first-order chi connectivity index (χ1) is 15.8. The molecule has 2 aromatic carbocycles. The highest BCUT2D eigenvalue weighted by Gasteiger charge is 2.41. The Balaban J connectivity index is 1.63. The average molecular weight is 527 g/mol. The van der Waals surface area contributed by atoms with Crippen LogP contribution in [0.2, 0.25) is 0 Å². The first kappa shape index (κ1) is 22.9. The number of imide groups is 1. The van der Waals surface area contributed by atoms with Crippen molar-refractivity contribution in [1.29, 1.82) is 0 Å². The molecule has 3 aromatic rings. The summed E-state index contributed by atoms with van der Waals surface area (Å²) in [4.78, 5) is 52.2. The van der Waals surface area contributed by atoms with Gasteiger partial charge in [-0.3, -0.25) is 19.3 Å². The van der Waals surface area contributed by atoms with Crippen LogP contribution in [0.1, 0.15) is 44.9 Å². The predicted molar refractivity (Wildman–Crippen MR) is 128 cm³/mol. The smallest absolute Gasteiger partial charge is 0.341 e. The van der Waals surface area contributed by atoms with Crippen LogP contribution in [0.5, 0.6) is 0 Å². The van der Waals surface area contributed by atoms with Crippen LogP contribution in [0.15, 0.2) is 58.4 Å². The van der Waals surface area contributed by atoms with Crippen LogP contribution in [-0.2, 0) is 9.53 Å². The Morgan fingerprint density at radius 3 is 2.21 bits per heavy atom. The van der Waals surface area contributed by atoms with Crippen LogP contribution >= 0.6 is 27.3 Å². The molecule has 1 aliphatic heterocycles. The van der Waals surface area contributed by atoms with Gasteiger partial charge in [-0.2, -0.15) is 0 Å². The summed E-state index contributed by atoms with van der Waals surface area (Å²) in [6.07, 6.45) is 0. The van der Waals surface area contributed by atoms with Crippen LogP contribution in [0.4, 0.5) is 5.00 Å². The van der Waals surface area contributed by atoms with Crippen LogP contribution in [0, 0.1) is 0 Å². The maximum absolute atomic E-state index is 13.1. The molecular weight excluding hydrogens is 508 g/mol. The molecule has 0 bridgehead atoms. The van der Waals surface area contributed by atoms with Gasteiger partial charge in [0.1, 0.15) is 16.6 Å². The third-order valence-electron chi connectivity index (χ3n) is 5.25. The fourth-order valence-electron chi connectivity index (χ4n) is 3.59. The number of esters is 1. The van der Waals surface area contributed by atoms with Crippen molar-refractivity contribution in [2.45, 2.75) is 19.9 Å². The molecule has 0 saturated heterocycles. The molecule has 0 saturated carbocycles. The van der Waals surface area contributed by atoms with Crippen molar-refractivity contribution in [2.75, 3.05) is 11.9 Å². The van der Waals surface area contributed by atoms with Crippen LogP contribution < -0.4 is 5.32 Å². The number of hydrogen-bond acceptors (Lipinski definition) is 6. The Hall–Kier alpha value is -3.30. The predicted octanol–water partition coefficient (Wildman–Crippen LogP) is 4.98. The maximum Gasteiger partial charge on any atom is 0.341 e. The Morgan fingerprint density at radius 1 is 1.03 bits per heavy atom. The van der Waals surface area contributed by atoms with E-state index in [9.17, 15) is 19.2 Å². The highest BCUT2D eigenvalue weighted by molar-refractivity contribution is 9.10. The Bertz CT molecular complexity index is 1230. The first-order valence-electron chi connectivity index (χ1n) is 10.2. The zero-order valence-corrected chi connectivity index (χ0v) is 20.2. The van der Waals surface area contributed by atoms with Gasteiger partial charge in [0.05, 0.1) is 17.7 Å². The van der Waals surface area contributed by atoms with Crippen molar-refractivity contribution in [1.82, 2.24) is 4.90 Å². The monoisotopic (exact) mass is 526 g/mol. The van der Waals surface area contributed by atoms with E-state index in [1.54, 1.807) is 36.6 Å². The number of halogens is 1. The van der Waals surface area contributed by atoms with E-state index in [2.05, 4.69) is 21.2 Å². The van der Waals surface area contributed by atoms with Crippen LogP contribution in [0.25, 0.3) is 11.1 Å². The molecular formula is C24H19BrN2O5S. The molecule has 9 heteroatoms. The summed E-state index contributed by atoms with van der Waals surface area (Å²) in [5.41, 5.74) is 2.17. The third-order valence-corrected chi connectivity index (χ3v) is 6.68. The third kappa shape index (κ3) is 4.21. The van der Waals surface area contributed by atoms with Gasteiger partial charge in [0.25, 0.3) is 11.8 Å². The first-order valence-corrected chi connectivity index (χ1v) is 11.8. The molecule has 0 fully saturated rings. The van der Waals surface area contributed by atoms with E-state index < -0.39 is 29.7 Å². The van der Waals surface area contributed by atoms with E-state index in [1.807, 2.05) is 24.3 Å². The summed E-state index contributed by atoms with van der Waals surface area (Å²) in [7, 11) is 0. The molecule has 33 heavy (non-hydrogen) atoms. The normalized spacial score (nSPS) is 13.6. The van der Waals surface area contributed by atoms with Gasteiger partial charge >= 0.3 is 5.97 Å². The minimum absolute atomic E-state index is 0.174. The van der Waals surface area contributed by atoms with Gasteiger partial charge in [0, 0.05) is 15.4 Å². The van der Waals surface area contributed by atoms with Gasteiger partial charge in [0.2, 0.25) is 5.91 Å². The maximum atomic E-state index is 13.1. The van der Waals surface area contributed by atoms with Gasteiger partial charge in [-0.05, 0) is 43.7 Å². The molecule has 0 radical (unpaired) electrons. The lowest BCUT2D eigenvalue weighted by Gasteiger charge is -2.21. The van der Waals surface area contributed by atoms with E-state index in [1.165, 1.54) is 18.3 Å². The standard InChI is InChI=1S/C24H19BrN2O5S/c1-3-32-24(31)19-18(14-8-10-15(25)11-9-14)12-33-21(19)26-20(28)13(2)27-22(29)16-6-4-5-7-17(16)23(27)30/h4-13H,3H2,1-2H3,(H,26,28)/t13-/m0/s1. The minimum Gasteiger partial charge on any atom is -0.462 e. The van der Waals surface area contributed by atoms with Crippen molar-refractivity contribution < 1.29 is 23.9 Å². The molecule has 2 heterocycles. The molecule has 4 rings (SSSR count). The van der Waals surface area contributed by atoms with Gasteiger partial charge in [-0.25, -0.2) is 4.79 Å². The summed E-state index contributed by atoms with van der Waals surface area (Å²) in [6.45, 7) is 3.35. The van der Waals surface area contributed by atoms with Crippen LogP contribution in [-0.4, -0.2) is 41.2 Å². The highest BCUT2D eigenvalue weighted by Crippen LogP contribution is 2.37. The SMILES string of the molecule is CCOC(=O)c1c(-c2ccc(Br)cc2)csc1NC(=O)[C@H](C)N1C(=O)c2ccccc2C1=O. The Morgan fingerprint density at radius 2 is 1.64 bits per heavy atom. The van der Waals surface area contributed by atoms with Crippen molar-refractivity contribution in [3.8, 4) is 11.1 Å². The molecule has 0 aliphatic carbocycles. The summed E-state index contributed by atoms with van der Waals surface area (Å²) in [5, 5.41) is 4.77. The zero-order valence-electron chi connectivity index (χ0n) is 17.8. The number of benzene rings is 2. The van der Waals surface area contributed by atoms with E-state index in [4.69, 9.17) is 4.74 Å². The second-order valence-corrected chi connectivity index (χ2v) is 9.07. The molecule has 168 valence electrons. The summed E-state index contributed by atoms with van der Waals surface area (Å²) < 4.78 is 6.11. The molecule has 1 N–H and O–H groups in total. The number of nitrogens with zero attached hydrogens (tertiary/aromatic N) is 1. The van der Waals surface area contributed by atoms with E-state index in [0.29, 0.717) is 10.6 Å². The van der Waals surface area contributed by atoms with E-state index >= 15 is 0 Å². The number of fused-ring (bicyclic) bond motifs is 1. The quantitative estimate of drug-likeness (QED) is 0.361. The van der Waals surface area contributed by atoms with Crippen molar-refractivity contribution >= 4 is 56.0 Å². The van der Waals surface area contributed by atoms with Crippen molar-refractivity contribution in [3.63, 3.8) is 0 Å². The fraction of sp³-hybridized carbons (Fsp3) is 0.167. The number of carbonyl (C=O) groups is 4. The molecule has 1 atom stereocenters. The van der Waals surface area contributed by atoms with Gasteiger partial charge in [-0.15, -0.1) is 11.3 Å². The van der Waals surface area contributed by atoms with Gasteiger partial charge in [0.15, 0.2) is 0 Å². The van der Waals surface area contributed by atoms with Crippen LogP contribution in [0.3, 0.4) is 0 Å². The number of nitrogens with one attached hydrogen (secondary N) is 1. The fourth-order valence-corrected chi connectivity index (χ4v) is 4.82. The molecule has 0 spiro atoms. The lowest BCUT2D eigenvalue weighted by Crippen LogP contribution is -2.45. The molecule has 0 unspecified atom stereocenters. The van der Waals surface area contributed by atoms with Crippen molar-refractivity contribution in [3.05, 3.63) is 75.1 Å². The lowest BCUT2D eigenvalue weighted by molar-refractivity contribution is -0.119. The Labute approximate surface area is 202 Å². The second-order valence-electron chi connectivity index (χ2n) is 7.27. The summed E-state index contributed by atoms with van der Waals surface area (Å²) >= 11 is 4.56. The molecule has 7 nitrogen and oxygen atoms in total. The molecule has 1 aliphatic rings. The average Bonchev–Trinajstić information content (AvgIpc) is 3.33. The summed E-state index contributed by atoms with van der Waals surface area (Å²) in [6, 6.07) is 12.8. The largest absolute Gasteiger partial charge is 0.462 e. The number of amides is 3. The number of rotatable bonds is 6. The zero-order chi connectivity index (χ0) is 23.7. The number of carbonyl (C=O) groups excluding carboxylic acids is 4. The summed E-state index contributed by atoms with van der Waals surface area (Å²) in [5.74, 6) is -2.20. The van der Waals surface area contributed by atoms with Gasteiger partial charge in [-0.1, -0.05) is 40.2 Å². The van der Waals surface area contributed by atoms with Gasteiger partial charge < -0.3 is 10.1 Å². The number of thiophene rings is 1. The molecule has 3 amide bonds. The second kappa shape index (κ2) is 9.29. The topological polar surface area (TPSA) is 92.8 Å². The number of ether oxygens (including phenoxy) is 1. The van der Waals surface area contributed by atoms with Crippen molar-refractivity contribution in [2.24, 2.45) is 0 Å². The molecule has 1 aromatic heterocycles. The lowest BCUT2D eigenvalue weighted by atomic mass is 10.0. The minimum atomic E-state index is -1.08.